The summed E-state index contributed by atoms with van der Waals surface area (Å²) < 4.78 is 10.7. The van der Waals surface area contributed by atoms with Crippen LogP contribution in [0, 0.1) is 0 Å². The van der Waals surface area contributed by atoms with Crippen LogP contribution in [0.15, 0.2) is 73.3 Å². The summed E-state index contributed by atoms with van der Waals surface area (Å²) in [5, 5.41) is 7.85. The van der Waals surface area contributed by atoms with Crippen LogP contribution in [0.1, 0.15) is 11.4 Å². The van der Waals surface area contributed by atoms with Gasteiger partial charge in [-0.15, -0.1) is 0 Å². The first-order valence-corrected chi connectivity index (χ1v) is 9.53. The zero-order chi connectivity index (χ0) is 21.5. The van der Waals surface area contributed by atoms with E-state index in [2.05, 4.69) is 20.2 Å². The van der Waals surface area contributed by atoms with Gasteiger partial charge in [0.1, 0.15) is 24.8 Å². The number of amides is 1. The van der Waals surface area contributed by atoms with Crippen LogP contribution in [0.2, 0.25) is 0 Å². The lowest BCUT2D eigenvalue weighted by atomic mass is 10.1. The van der Waals surface area contributed by atoms with E-state index < -0.39 is 6.09 Å². The molecule has 0 fully saturated rings. The Labute approximate surface area is 178 Å². The third-order valence-electron chi connectivity index (χ3n) is 4.48. The van der Waals surface area contributed by atoms with Crippen LogP contribution < -0.4 is 9.80 Å². The molecule has 1 amide bonds. The Morgan fingerprint density at radius 1 is 1.10 bits per heavy atom. The number of benzene rings is 2. The standard InChI is InChI=1S/C22H21N5O4/c1-29-20-4-2-3-16(11-20)14-30-22(28)27(31-15-21-23-9-10-24-21)19-7-5-17(6-8-19)18-12-25-26-13-18/h2-13H,14-15H2,1H3,(H,23,24)(H,25,26). The van der Waals surface area contributed by atoms with E-state index in [9.17, 15) is 4.79 Å². The normalized spacial score (nSPS) is 10.6. The molecule has 31 heavy (non-hydrogen) atoms. The molecule has 158 valence electrons. The molecule has 2 aromatic carbocycles. The van der Waals surface area contributed by atoms with Crippen LogP contribution in [-0.2, 0) is 22.8 Å². The molecule has 4 aromatic rings. The fraction of sp³-hybridized carbons (Fsp3) is 0.136. The van der Waals surface area contributed by atoms with Crippen molar-refractivity contribution < 1.29 is 19.1 Å². The molecule has 2 heterocycles. The van der Waals surface area contributed by atoms with Gasteiger partial charge in [0.05, 0.1) is 19.0 Å². The van der Waals surface area contributed by atoms with E-state index in [0.29, 0.717) is 17.3 Å². The summed E-state index contributed by atoms with van der Waals surface area (Å²) in [6.45, 7) is 0.147. The number of carbonyl (C=O) groups is 1. The zero-order valence-corrected chi connectivity index (χ0v) is 16.8. The maximum Gasteiger partial charge on any atom is 0.439 e. The van der Waals surface area contributed by atoms with Crippen LogP contribution in [0.4, 0.5) is 10.5 Å². The second-order valence-electron chi connectivity index (χ2n) is 6.54. The number of hydrogen-bond donors (Lipinski definition) is 2. The Bertz CT molecular complexity index is 1100. The lowest BCUT2D eigenvalue weighted by Crippen LogP contribution is -2.31. The van der Waals surface area contributed by atoms with Crippen molar-refractivity contribution in [2.45, 2.75) is 13.2 Å². The number of hydrogen-bond acceptors (Lipinski definition) is 6. The first-order valence-electron chi connectivity index (χ1n) is 9.53. The van der Waals surface area contributed by atoms with E-state index in [4.69, 9.17) is 14.3 Å². The molecule has 2 N–H and O–H groups in total. The van der Waals surface area contributed by atoms with E-state index in [1.165, 1.54) is 0 Å². The molecule has 9 heteroatoms. The predicted molar refractivity (Wildman–Crippen MR) is 113 cm³/mol. The van der Waals surface area contributed by atoms with Crippen LogP contribution in [0.25, 0.3) is 11.1 Å². The molecule has 0 atom stereocenters. The highest BCUT2D eigenvalue weighted by atomic mass is 16.7. The van der Waals surface area contributed by atoms with E-state index in [1.54, 1.807) is 50.1 Å². The summed E-state index contributed by atoms with van der Waals surface area (Å²) in [5.41, 5.74) is 3.21. The molecular formula is C22H21N5O4. The molecule has 0 bridgehead atoms. The quantitative estimate of drug-likeness (QED) is 0.417. The van der Waals surface area contributed by atoms with Gasteiger partial charge in [-0.3, -0.25) is 9.94 Å². The second-order valence-corrected chi connectivity index (χ2v) is 6.54. The zero-order valence-electron chi connectivity index (χ0n) is 16.8. The average Bonchev–Trinajstić information content (AvgIpc) is 3.53. The maximum absolute atomic E-state index is 12.8. The number of nitrogens with zero attached hydrogens (tertiary/aromatic N) is 3. The number of hydroxylamine groups is 1. The molecule has 0 aliphatic heterocycles. The van der Waals surface area contributed by atoms with Crippen molar-refractivity contribution in [2.75, 3.05) is 12.2 Å². The molecule has 0 aliphatic rings. The Kier molecular flexibility index (Phi) is 6.24. The summed E-state index contributed by atoms with van der Waals surface area (Å²) >= 11 is 0. The Morgan fingerprint density at radius 2 is 1.97 bits per heavy atom. The summed E-state index contributed by atoms with van der Waals surface area (Å²) in [5.74, 6) is 1.27. The van der Waals surface area contributed by atoms with Crippen molar-refractivity contribution >= 4 is 11.8 Å². The van der Waals surface area contributed by atoms with Crippen molar-refractivity contribution in [3.63, 3.8) is 0 Å². The number of rotatable bonds is 8. The molecule has 0 spiro atoms. The minimum atomic E-state index is -0.648. The molecule has 4 rings (SSSR count). The number of methoxy groups -OCH3 is 1. The minimum absolute atomic E-state index is 0.0732. The fourth-order valence-corrected chi connectivity index (χ4v) is 2.90. The highest BCUT2D eigenvalue weighted by Crippen LogP contribution is 2.24. The van der Waals surface area contributed by atoms with Gasteiger partial charge >= 0.3 is 6.09 Å². The number of imidazole rings is 1. The van der Waals surface area contributed by atoms with Gasteiger partial charge in [0, 0.05) is 24.2 Å². The Morgan fingerprint density at radius 3 is 2.68 bits per heavy atom. The smallest absolute Gasteiger partial charge is 0.439 e. The third kappa shape index (κ3) is 5.09. The van der Waals surface area contributed by atoms with E-state index in [-0.39, 0.29) is 13.2 Å². The number of aromatic amines is 2. The van der Waals surface area contributed by atoms with Crippen molar-refractivity contribution in [1.82, 2.24) is 20.2 Å². The number of anilines is 1. The monoisotopic (exact) mass is 419 g/mol. The van der Waals surface area contributed by atoms with Crippen molar-refractivity contribution in [2.24, 2.45) is 0 Å². The van der Waals surface area contributed by atoms with Gasteiger partial charge < -0.3 is 14.5 Å². The number of ether oxygens (including phenoxy) is 2. The largest absolute Gasteiger partial charge is 0.497 e. The van der Waals surface area contributed by atoms with Crippen LogP contribution in [0.3, 0.4) is 0 Å². The van der Waals surface area contributed by atoms with Crippen LogP contribution in [0.5, 0.6) is 5.75 Å². The second kappa shape index (κ2) is 9.59. The number of nitrogens with one attached hydrogen (secondary N) is 2. The van der Waals surface area contributed by atoms with Crippen LogP contribution >= 0.6 is 0 Å². The molecular weight excluding hydrogens is 398 g/mol. The third-order valence-corrected chi connectivity index (χ3v) is 4.48. The lowest BCUT2D eigenvalue weighted by molar-refractivity contribution is 0.0615. The highest BCUT2D eigenvalue weighted by Gasteiger charge is 2.20. The van der Waals surface area contributed by atoms with Gasteiger partial charge in [-0.2, -0.15) is 10.2 Å². The van der Waals surface area contributed by atoms with Crippen molar-refractivity contribution in [1.29, 1.82) is 0 Å². The Hall–Kier alpha value is -4.11. The Balaban J connectivity index is 1.49. The SMILES string of the molecule is COc1cccc(COC(=O)N(OCc2ncc[nH]2)c2ccc(-c3cn[nH]c3)cc2)c1. The van der Waals surface area contributed by atoms with Crippen LogP contribution in [-0.4, -0.2) is 33.4 Å². The molecule has 0 saturated heterocycles. The molecule has 0 aliphatic carbocycles. The maximum atomic E-state index is 12.8. The molecule has 0 radical (unpaired) electrons. The average molecular weight is 419 g/mol. The summed E-state index contributed by atoms with van der Waals surface area (Å²) in [6.07, 6.45) is 6.17. The van der Waals surface area contributed by atoms with Crippen molar-refractivity contribution in [3.8, 4) is 16.9 Å². The number of aromatic nitrogens is 4. The van der Waals surface area contributed by atoms with Crippen molar-refractivity contribution in [3.05, 3.63) is 84.7 Å². The van der Waals surface area contributed by atoms with Gasteiger partial charge in [0.2, 0.25) is 0 Å². The molecule has 2 aromatic heterocycles. The summed E-state index contributed by atoms with van der Waals surface area (Å²) in [6, 6.07) is 14.6. The van der Waals surface area contributed by atoms with Gasteiger partial charge in [0.25, 0.3) is 0 Å². The minimum Gasteiger partial charge on any atom is -0.497 e. The fourth-order valence-electron chi connectivity index (χ4n) is 2.90. The first kappa shape index (κ1) is 20.2. The topological polar surface area (TPSA) is 105 Å². The lowest BCUT2D eigenvalue weighted by Gasteiger charge is -2.21. The van der Waals surface area contributed by atoms with E-state index in [1.807, 2.05) is 30.3 Å². The van der Waals surface area contributed by atoms with Gasteiger partial charge in [-0.05, 0) is 35.4 Å². The molecule has 0 saturated carbocycles. The van der Waals surface area contributed by atoms with E-state index >= 15 is 0 Å². The van der Waals surface area contributed by atoms with Gasteiger partial charge in [-0.25, -0.2) is 9.78 Å². The molecule has 9 nitrogen and oxygen atoms in total. The summed E-state index contributed by atoms with van der Waals surface area (Å²) in [7, 11) is 1.59. The highest BCUT2D eigenvalue weighted by molar-refractivity contribution is 5.85. The first-order chi connectivity index (χ1) is 15.2. The predicted octanol–water partition coefficient (Wildman–Crippen LogP) is 4.08. The number of H-pyrrole nitrogens is 2. The van der Waals surface area contributed by atoms with Gasteiger partial charge in [-0.1, -0.05) is 24.3 Å². The number of carbonyl (C=O) groups excluding carboxylic acids is 1. The van der Waals surface area contributed by atoms with Gasteiger partial charge in [0.15, 0.2) is 0 Å². The summed E-state index contributed by atoms with van der Waals surface area (Å²) in [4.78, 5) is 25.6. The van der Waals surface area contributed by atoms with E-state index in [0.717, 1.165) is 21.8 Å². The molecule has 0 unspecified atom stereocenters.